The van der Waals surface area contributed by atoms with Gasteiger partial charge in [-0.2, -0.15) is 0 Å². The van der Waals surface area contributed by atoms with E-state index in [1.807, 2.05) is 0 Å². The third kappa shape index (κ3) is 3.67. The summed E-state index contributed by atoms with van der Waals surface area (Å²) < 4.78 is 17.6. The van der Waals surface area contributed by atoms with Crippen molar-refractivity contribution >= 4 is 11.9 Å². The molecule has 104 valence electrons. The number of methoxy groups -OCH3 is 1. The number of ether oxygens (including phenoxy) is 1. The van der Waals surface area contributed by atoms with Crippen molar-refractivity contribution in [3.8, 4) is 5.75 Å². The summed E-state index contributed by atoms with van der Waals surface area (Å²) in [5.41, 5.74) is -0.183. The summed E-state index contributed by atoms with van der Waals surface area (Å²) in [6, 6.07) is 2.78. The summed E-state index contributed by atoms with van der Waals surface area (Å²) >= 11 is 0. The molecule has 0 saturated heterocycles. The number of phenolic OH excluding ortho intramolecular Hbond substituents is 1. The first-order valence-electron chi connectivity index (χ1n) is 5.73. The van der Waals surface area contributed by atoms with Crippen LogP contribution >= 0.6 is 0 Å². The van der Waals surface area contributed by atoms with Crippen LogP contribution in [0.15, 0.2) is 18.2 Å². The fourth-order valence-electron chi connectivity index (χ4n) is 1.53. The number of benzene rings is 1. The molecule has 5 nitrogen and oxygen atoms in total. The average molecular weight is 269 g/mol. The van der Waals surface area contributed by atoms with Crippen molar-refractivity contribution in [3.63, 3.8) is 0 Å². The minimum Gasteiger partial charge on any atom is -0.507 e. The largest absolute Gasteiger partial charge is 0.507 e. The second kappa shape index (κ2) is 6.17. The Labute approximate surface area is 110 Å². The SMILES string of the molecule is COC(=O)CN(C(=O)c1cc(F)ccc1O)C(C)C. The molecule has 0 unspecified atom stereocenters. The predicted molar refractivity (Wildman–Crippen MR) is 66.3 cm³/mol. The molecule has 0 aliphatic heterocycles. The van der Waals surface area contributed by atoms with E-state index in [1.165, 1.54) is 12.0 Å². The molecule has 0 saturated carbocycles. The van der Waals surface area contributed by atoms with Crippen molar-refractivity contribution in [3.05, 3.63) is 29.6 Å². The third-order valence-electron chi connectivity index (χ3n) is 2.60. The van der Waals surface area contributed by atoms with Gasteiger partial charge in [0.05, 0.1) is 12.7 Å². The maximum atomic E-state index is 13.1. The molecule has 0 aromatic heterocycles. The highest BCUT2D eigenvalue weighted by Crippen LogP contribution is 2.20. The van der Waals surface area contributed by atoms with E-state index in [0.717, 1.165) is 18.2 Å². The molecule has 1 amide bonds. The van der Waals surface area contributed by atoms with E-state index in [0.29, 0.717) is 0 Å². The molecule has 19 heavy (non-hydrogen) atoms. The zero-order valence-corrected chi connectivity index (χ0v) is 11.0. The molecule has 0 radical (unpaired) electrons. The van der Waals surface area contributed by atoms with Gasteiger partial charge in [-0.3, -0.25) is 9.59 Å². The molecule has 6 heteroatoms. The smallest absolute Gasteiger partial charge is 0.325 e. The summed E-state index contributed by atoms with van der Waals surface area (Å²) in [4.78, 5) is 24.7. The Morgan fingerprint density at radius 2 is 2.05 bits per heavy atom. The van der Waals surface area contributed by atoms with Gasteiger partial charge in [-0.05, 0) is 32.0 Å². The van der Waals surface area contributed by atoms with Gasteiger partial charge in [0.2, 0.25) is 0 Å². The molecule has 0 spiro atoms. The Balaban J connectivity index is 3.05. The number of phenols is 1. The predicted octanol–water partition coefficient (Wildman–Crippen LogP) is 1.55. The van der Waals surface area contributed by atoms with Crippen molar-refractivity contribution in [1.29, 1.82) is 0 Å². The van der Waals surface area contributed by atoms with E-state index in [1.54, 1.807) is 13.8 Å². The highest BCUT2D eigenvalue weighted by atomic mass is 19.1. The van der Waals surface area contributed by atoms with E-state index in [9.17, 15) is 19.1 Å². The number of hydrogen-bond donors (Lipinski definition) is 1. The first-order chi connectivity index (χ1) is 8.86. The maximum Gasteiger partial charge on any atom is 0.325 e. The summed E-state index contributed by atoms with van der Waals surface area (Å²) in [5.74, 6) is -2.18. The van der Waals surface area contributed by atoms with Crippen LogP contribution in [0.1, 0.15) is 24.2 Å². The van der Waals surface area contributed by atoms with Gasteiger partial charge in [0.25, 0.3) is 5.91 Å². The van der Waals surface area contributed by atoms with Gasteiger partial charge >= 0.3 is 5.97 Å². The van der Waals surface area contributed by atoms with Crippen LogP contribution in [0.2, 0.25) is 0 Å². The third-order valence-corrected chi connectivity index (χ3v) is 2.60. The first-order valence-corrected chi connectivity index (χ1v) is 5.73. The normalized spacial score (nSPS) is 10.4. The van der Waals surface area contributed by atoms with Crippen molar-refractivity contribution < 1.29 is 23.8 Å². The zero-order valence-electron chi connectivity index (χ0n) is 11.0. The molecule has 1 rings (SSSR count). The van der Waals surface area contributed by atoms with Crippen molar-refractivity contribution in [2.75, 3.05) is 13.7 Å². The average Bonchev–Trinajstić information content (AvgIpc) is 2.37. The Hall–Kier alpha value is -2.11. The van der Waals surface area contributed by atoms with Crippen LogP contribution in [-0.4, -0.2) is 41.6 Å². The van der Waals surface area contributed by atoms with E-state index >= 15 is 0 Å². The van der Waals surface area contributed by atoms with Gasteiger partial charge in [0, 0.05) is 6.04 Å². The van der Waals surface area contributed by atoms with Crippen molar-refractivity contribution in [2.24, 2.45) is 0 Å². The van der Waals surface area contributed by atoms with Crippen LogP contribution in [0.3, 0.4) is 0 Å². The van der Waals surface area contributed by atoms with E-state index in [2.05, 4.69) is 4.74 Å². The number of carbonyl (C=O) groups is 2. The van der Waals surface area contributed by atoms with E-state index in [4.69, 9.17) is 0 Å². The second-order valence-corrected chi connectivity index (χ2v) is 4.26. The van der Waals surface area contributed by atoms with Gasteiger partial charge in [-0.1, -0.05) is 0 Å². The lowest BCUT2D eigenvalue weighted by atomic mass is 10.1. The van der Waals surface area contributed by atoms with Crippen LogP contribution in [0, 0.1) is 5.82 Å². The minimum atomic E-state index is -0.636. The number of amides is 1. The molecule has 0 aliphatic rings. The number of esters is 1. The van der Waals surface area contributed by atoms with Crippen molar-refractivity contribution in [1.82, 2.24) is 4.90 Å². The monoisotopic (exact) mass is 269 g/mol. The van der Waals surface area contributed by atoms with Crippen LogP contribution in [0.5, 0.6) is 5.75 Å². The first kappa shape index (κ1) is 14.9. The van der Waals surface area contributed by atoms with E-state index < -0.39 is 17.7 Å². The molecular weight excluding hydrogens is 253 g/mol. The van der Waals surface area contributed by atoms with Gasteiger partial charge in [-0.15, -0.1) is 0 Å². The molecule has 0 aliphatic carbocycles. The number of aromatic hydroxyl groups is 1. The number of halogens is 1. The van der Waals surface area contributed by atoms with Crippen LogP contribution < -0.4 is 0 Å². The summed E-state index contributed by atoms with van der Waals surface area (Å²) in [7, 11) is 1.21. The number of rotatable bonds is 4. The fraction of sp³-hybridized carbons (Fsp3) is 0.385. The Morgan fingerprint density at radius 1 is 1.42 bits per heavy atom. The maximum absolute atomic E-state index is 13.1. The van der Waals surface area contributed by atoms with Gasteiger partial charge in [0.15, 0.2) is 0 Å². The molecule has 1 aromatic rings. The number of nitrogens with zero attached hydrogens (tertiary/aromatic N) is 1. The van der Waals surface area contributed by atoms with Gasteiger partial charge in [-0.25, -0.2) is 4.39 Å². The highest BCUT2D eigenvalue weighted by molar-refractivity contribution is 5.98. The highest BCUT2D eigenvalue weighted by Gasteiger charge is 2.24. The summed E-state index contributed by atoms with van der Waals surface area (Å²) in [5, 5.41) is 9.60. The fourth-order valence-corrected chi connectivity index (χ4v) is 1.53. The quantitative estimate of drug-likeness (QED) is 0.842. The Bertz CT molecular complexity index is 488. The van der Waals surface area contributed by atoms with E-state index in [-0.39, 0.29) is 23.9 Å². The van der Waals surface area contributed by atoms with Crippen LogP contribution in [0.4, 0.5) is 4.39 Å². The summed E-state index contributed by atoms with van der Waals surface area (Å²) in [6.45, 7) is 3.15. The summed E-state index contributed by atoms with van der Waals surface area (Å²) in [6.07, 6.45) is 0. The lowest BCUT2D eigenvalue weighted by Gasteiger charge is -2.25. The Morgan fingerprint density at radius 3 is 2.58 bits per heavy atom. The molecule has 1 N–H and O–H groups in total. The lowest BCUT2D eigenvalue weighted by molar-refractivity contribution is -0.141. The van der Waals surface area contributed by atoms with Crippen LogP contribution in [-0.2, 0) is 9.53 Å². The van der Waals surface area contributed by atoms with Gasteiger partial charge in [0.1, 0.15) is 18.1 Å². The molecule has 0 fully saturated rings. The molecule has 0 atom stereocenters. The number of hydrogen-bond acceptors (Lipinski definition) is 4. The minimum absolute atomic E-state index is 0.183. The standard InChI is InChI=1S/C13H16FNO4/c1-8(2)15(7-12(17)19-3)13(18)10-6-9(14)4-5-11(10)16/h4-6,8,16H,7H2,1-3H3. The number of carbonyl (C=O) groups excluding carboxylic acids is 2. The van der Waals surface area contributed by atoms with Crippen molar-refractivity contribution in [2.45, 2.75) is 19.9 Å². The second-order valence-electron chi connectivity index (χ2n) is 4.26. The van der Waals surface area contributed by atoms with Crippen LogP contribution in [0.25, 0.3) is 0 Å². The molecule has 0 bridgehead atoms. The molecular formula is C13H16FNO4. The molecule has 0 heterocycles. The Kier molecular flexibility index (Phi) is 4.86. The zero-order chi connectivity index (χ0) is 14.6. The lowest BCUT2D eigenvalue weighted by Crippen LogP contribution is -2.41. The topological polar surface area (TPSA) is 66.8 Å². The van der Waals surface area contributed by atoms with Gasteiger partial charge < -0.3 is 14.7 Å². The molecule has 1 aromatic carbocycles.